The van der Waals surface area contributed by atoms with E-state index in [1.54, 1.807) is 0 Å². The molecule has 0 N–H and O–H groups in total. The summed E-state index contributed by atoms with van der Waals surface area (Å²) in [5.41, 5.74) is 1.49. The molecule has 2 aromatic rings. The van der Waals surface area contributed by atoms with Crippen LogP contribution in [0.4, 0.5) is 0 Å². The predicted molar refractivity (Wildman–Crippen MR) is 75.3 cm³/mol. The van der Waals surface area contributed by atoms with Gasteiger partial charge in [0.25, 0.3) is 0 Å². The smallest absolute Gasteiger partial charge is 0.00313 e. The zero-order valence-corrected chi connectivity index (χ0v) is 11.0. The van der Waals surface area contributed by atoms with Crippen LogP contribution in [-0.4, -0.2) is 5.33 Å². The van der Waals surface area contributed by atoms with Crippen molar-refractivity contribution in [3.63, 3.8) is 0 Å². The number of fused-ring (bicyclic) bond motifs is 1. The van der Waals surface area contributed by atoms with Crippen molar-refractivity contribution in [2.75, 3.05) is 5.33 Å². The Morgan fingerprint density at radius 3 is 2.50 bits per heavy atom. The van der Waals surface area contributed by atoms with Crippen molar-refractivity contribution in [3.05, 3.63) is 48.0 Å². The molecule has 0 fully saturated rings. The molecule has 0 aliphatic heterocycles. The van der Waals surface area contributed by atoms with Crippen LogP contribution in [0, 0.1) is 0 Å². The lowest BCUT2D eigenvalue weighted by molar-refractivity contribution is 0.727. The van der Waals surface area contributed by atoms with E-state index in [4.69, 9.17) is 0 Å². The molecule has 0 unspecified atom stereocenters. The van der Waals surface area contributed by atoms with Crippen molar-refractivity contribution >= 4 is 26.7 Å². The number of unbranched alkanes of at least 4 members (excludes halogenated alkanes) is 2. The Bertz CT molecular complexity index is 443. The molecule has 84 valence electrons. The normalized spacial score (nSPS) is 10.8. The highest BCUT2D eigenvalue weighted by Crippen LogP contribution is 2.20. The Kier molecular flexibility index (Phi) is 4.41. The molecule has 0 aliphatic carbocycles. The first kappa shape index (κ1) is 11.7. The number of halogens is 1. The van der Waals surface area contributed by atoms with Gasteiger partial charge in [0.15, 0.2) is 0 Å². The first-order valence-electron chi connectivity index (χ1n) is 5.94. The van der Waals surface area contributed by atoms with E-state index in [2.05, 4.69) is 58.4 Å². The first-order valence-corrected chi connectivity index (χ1v) is 7.06. The molecule has 16 heavy (non-hydrogen) atoms. The van der Waals surface area contributed by atoms with Gasteiger partial charge < -0.3 is 0 Å². The second kappa shape index (κ2) is 6.05. The van der Waals surface area contributed by atoms with Gasteiger partial charge in [-0.15, -0.1) is 0 Å². The molecule has 2 aromatic carbocycles. The molecule has 0 saturated carbocycles. The average Bonchev–Trinajstić information content (AvgIpc) is 2.35. The fourth-order valence-electron chi connectivity index (χ4n) is 2.10. The Labute approximate surface area is 106 Å². The summed E-state index contributed by atoms with van der Waals surface area (Å²) in [5, 5.41) is 3.91. The molecule has 0 saturated heterocycles. The van der Waals surface area contributed by atoms with E-state index in [1.807, 2.05) is 0 Å². The standard InChI is InChI=1S/C15H17Br/c16-12-5-1-2-7-13-9-6-10-14-8-3-4-11-15(13)14/h3-4,6,8-11H,1-2,5,7,12H2. The lowest BCUT2D eigenvalue weighted by atomic mass is 10.00. The van der Waals surface area contributed by atoms with E-state index in [-0.39, 0.29) is 0 Å². The Balaban J connectivity index is 2.11. The van der Waals surface area contributed by atoms with E-state index in [9.17, 15) is 0 Å². The lowest BCUT2D eigenvalue weighted by Crippen LogP contribution is -1.88. The van der Waals surface area contributed by atoms with E-state index < -0.39 is 0 Å². The molecular weight excluding hydrogens is 260 g/mol. The maximum atomic E-state index is 3.48. The van der Waals surface area contributed by atoms with Gasteiger partial charge in [-0.3, -0.25) is 0 Å². The van der Waals surface area contributed by atoms with Crippen LogP contribution in [0.15, 0.2) is 42.5 Å². The van der Waals surface area contributed by atoms with Crippen LogP contribution in [-0.2, 0) is 6.42 Å². The Hall–Kier alpha value is -0.820. The minimum atomic E-state index is 1.13. The van der Waals surface area contributed by atoms with Gasteiger partial charge in [-0.2, -0.15) is 0 Å². The molecule has 0 nitrogen and oxygen atoms in total. The summed E-state index contributed by atoms with van der Waals surface area (Å²) in [5.74, 6) is 0. The molecule has 0 aromatic heterocycles. The molecule has 2 rings (SSSR count). The summed E-state index contributed by atoms with van der Waals surface area (Å²) >= 11 is 3.48. The highest BCUT2D eigenvalue weighted by Gasteiger charge is 1.99. The van der Waals surface area contributed by atoms with Crippen molar-refractivity contribution in [2.45, 2.75) is 25.7 Å². The first-order chi connectivity index (χ1) is 7.92. The molecule has 0 heterocycles. The molecular formula is C15H17Br. The van der Waals surface area contributed by atoms with Gasteiger partial charge in [0.05, 0.1) is 0 Å². The van der Waals surface area contributed by atoms with Crippen molar-refractivity contribution in [1.29, 1.82) is 0 Å². The number of alkyl halides is 1. The van der Waals surface area contributed by atoms with Gasteiger partial charge in [0.2, 0.25) is 0 Å². The summed E-state index contributed by atoms with van der Waals surface area (Å²) in [6, 6.07) is 15.3. The van der Waals surface area contributed by atoms with Crippen LogP contribution < -0.4 is 0 Å². The van der Waals surface area contributed by atoms with Gasteiger partial charge in [-0.05, 0) is 35.6 Å². The molecule has 0 bridgehead atoms. The minimum absolute atomic E-state index is 1.13. The van der Waals surface area contributed by atoms with Gasteiger partial charge in [0.1, 0.15) is 0 Å². The zero-order valence-electron chi connectivity index (χ0n) is 9.45. The Morgan fingerprint density at radius 1 is 0.812 bits per heavy atom. The molecule has 0 spiro atoms. The minimum Gasteiger partial charge on any atom is -0.0928 e. The number of rotatable bonds is 5. The maximum Gasteiger partial charge on any atom is 0.00313 e. The van der Waals surface area contributed by atoms with Crippen LogP contribution >= 0.6 is 15.9 Å². The summed E-state index contributed by atoms with van der Waals surface area (Å²) in [4.78, 5) is 0. The van der Waals surface area contributed by atoms with E-state index in [0.29, 0.717) is 0 Å². The van der Waals surface area contributed by atoms with Crippen LogP contribution in [0.3, 0.4) is 0 Å². The van der Waals surface area contributed by atoms with Gasteiger partial charge in [-0.1, -0.05) is 64.8 Å². The third-order valence-electron chi connectivity index (χ3n) is 2.96. The van der Waals surface area contributed by atoms with Gasteiger partial charge in [-0.25, -0.2) is 0 Å². The van der Waals surface area contributed by atoms with E-state index in [1.165, 1.54) is 42.0 Å². The van der Waals surface area contributed by atoms with Gasteiger partial charge >= 0.3 is 0 Å². The van der Waals surface area contributed by atoms with Crippen molar-refractivity contribution in [2.24, 2.45) is 0 Å². The monoisotopic (exact) mass is 276 g/mol. The molecule has 0 aliphatic rings. The number of hydrogen-bond acceptors (Lipinski definition) is 0. The summed E-state index contributed by atoms with van der Waals surface area (Å²) < 4.78 is 0. The molecule has 0 atom stereocenters. The van der Waals surface area contributed by atoms with Crippen molar-refractivity contribution in [1.82, 2.24) is 0 Å². The molecule has 1 heteroatoms. The number of benzene rings is 2. The summed E-state index contributed by atoms with van der Waals surface area (Å²) in [7, 11) is 0. The van der Waals surface area contributed by atoms with Crippen molar-refractivity contribution in [3.8, 4) is 0 Å². The highest BCUT2D eigenvalue weighted by atomic mass is 79.9. The topological polar surface area (TPSA) is 0 Å². The average molecular weight is 277 g/mol. The molecule has 0 amide bonds. The fourth-order valence-corrected chi connectivity index (χ4v) is 2.49. The second-order valence-electron chi connectivity index (χ2n) is 4.14. The highest BCUT2D eigenvalue weighted by molar-refractivity contribution is 9.09. The SMILES string of the molecule is BrCCCCCc1cccc2ccccc12. The van der Waals surface area contributed by atoms with Crippen LogP contribution in [0.1, 0.15) is 24.8 Å². The van der Waals surface area contributed by atoms with E-state index >= 15 is 0 Å². The Morgan fingerprint density at radius 2 is 1.62 bits per heavy atom. The largest absolute Gasteiger partial charge is 0.0928 e. The lowest BCUT2D eigenvalue weighted by Gasteiger charge is -2.05. The van der Waals surface area contributed by atoms with Gasteiger partial charge in [0, 0.05) is 5.33 Å². The number of aryl methyl sites for hydroxylation is 1. The zero-order chi connectivity index (χ0) is 11.2. The number of hydrogen-bond donors (Lipinski definition) is 0. The quantitative estimate of drug-likeness (QED) is 0.536. The van der Waals surface area contributed by atoms with Crippen LogP contribution in [0.25, 0.3) is 10.8 Å². The third-order valence-corrected chi connectivity index (χ3v) is 3.52. The van der Waals surface area contributed by atoms with E-state index in [0.717, 1.165) is 5.33 Å². The molecule has 0 radical (unpaired) electrons. The summed E-state index contributed by atoms with van der Waals surface area (Å²) in [6.07, 6.45) is 5.09. The fraction of sp³-hybridized carbons (Fsp3) is 0.333. The second-order valence-corrected chi connectivity index (χ2v) is 4.93. The maximum absolute atomic E-state index is 3.48. The third kappa shape index (κ3) is 2.85. The van der Waals surface area contributed by atoms with Crippen LogP contribution in [0.5, 0.6) is 0 Å². The van der Waals surface area contributed by atoms with Crippen LogP contribution in [0.2, 0.25) is 0 Å². The predicted octanol–water partition coefficient (Wildman–Crippen LogP) is 4.95. The summed E-state index contributed by atoms with van der Waals surface area (Å²) in [6.45, 7) is 0. The van der Waals surface area contributed by atoms with Crippen molar-refractivity contribution < 1.29 is 0 Å².